The third-order valence-corrected chi connectivity index (χ3v) is 4.35. The number of hydrogen-bond acceptors (Lipinski definition) is 4. The number of aromatic nitrogens is 2. The Morgan fingerprint density at radius 2 is 1.82 bits per heavy atom. The Morgan fingerprint density at radius 1 is 1.04 bits per heavy atom. The average Bonchev–Trinajstić information content (AvgIpc) is 2.65. The summed E-state index contributed by atoms with van der Waals surface area (Å²) in [6.07, 6.45) is 0.494. The summed E-state index contributed by atoms with van der Waals surface area (Å²) in [6.45, 7) is 6.22. The molecule has 0 fully saturated rings. The van der Waals surface area contributed by atoms with E-state index in [1.807, 2.05) is 32.0 Å². The van der Waals surface area contributed by atoms with Gasteiger partial charge >= 0.3 is 0 Å². The molecule has 28 heavy (non-hydrogen) atoms. The first-order valence-corrected chi connectivity index (χ1v) is 9.14. The van der Waals surface area contributed by atoms with E-state index in [1.54, 1.807) is 31.2 Å². The maximum Gasteiger partial charge on any atom is 0.274 e. The van der Waals surface area contributed by atoms with E-state index < -0.39 is 0 Å². The Morgan fingerprint density at radius 3 is 2.57 bits per heavy atom. The first-order valence-electron chi connectivity index (χ1n) is 9.14. The number of benzene rings is 2. The minimum atomic E-state index is -0.297. The van der Waals surface area contributed by atoms with Crippen LogP contribution in [0.3, 0.4) is 0 Å². The first kappa shape index (κ1) is 19.5. The number of nitrogens with one attached hydrogen (secondary N) is 2. The number of nitrogens with zero attached hydrogens (tertiary/aromatic N) is 2. The largest absolute Gasteiger partial charge is 0.354 e. The molecule has 1 aromatic heterocycles. The molecular formula is C22H23FN4O. The van der Waals surface area contributed by atoms with Gasteiger partial charge in [-0.25, -0.2) is 14.4 Å². The average molecular weight is 378 g/mol. The number of aryl methyl sites for hydroxylation is 3. The first-order chi connectivity index (χ1) is 13.4. The van der Waals surface area contributed by atoms with E-state index in [0.29, 0.717) is 30.2 Å². The molecule has 0 atom stereocenters. The van der Waals surface area contributed by atoms with Crippen LogP contribution in [-0.4, -0.2) is 22.4 Å². The SMILES string of the molecule is Cc1ccc(NC(=O)c2cc(C)nc(NCCc3ccccc3F)n2)c(C)c1. The molecule has 3 rings (SSSR count). The molecule has 6 heteroatoms. The molecule has 1 heterocycles. The van der Waals surface area contributed by atoms with Gasteiger partial charge in [-0.3, -0.25) is 4.79 Å². The van der Waals surface area contributed by atoms with Gasteiger partial charge in [-0.05, 0) is 56.5 Å². The highest BCUT2D eigenvalue weighted by molar-refractivity contribution is 6.03. The van der Waals surface area contributed by atoms with Gasteiger partial charge in [0.25, 0.3) is 5.91 Å². The lowest BCUT2D eigenvalue weighted by Gasteiger charge is -2.11. The summed E-state index contributed by atoms with van der Waals surface area (Å²) < 4.78 is 13.7. The van der Waals surface area contributed by atoms with Crippen LogP contribution in [0.2, 0.25) is 0 Å². The van der Waals surface area contributed by atoms with E-state index >= 15 is 0 Å². The van der Waals surface area contributed by atoms with E-state index in [2.05, 4.69) is 20.6 Å². The molecule has 0 aliphatic heterocycles. The van der Waals surface area contributed by atoms with Crippen LogP contribution in [0.1, 0.15) is 32.9 Å². The number of rotatable bonds is 6. The van der Waals surface area contributed by atoms with Gasteiger partial charge in [-0.1, -0.05) is 35.9 Å². The molecule has 144 valence electrons. The van der Waals surface area contributed by atoms with Crippen LogP contribution in [0.25, 0.3) is 0 Å². The molecule has 0 saturated heterocycles. The third kappa shape index (κ3) is 4.91. The fourth-order valence-corrected chi connectivity index (χ4v) is 2.91. The predicted octanol–water partition coefficient (Wildman–Crippen LogP) is 4.45. The van der Waals surface area contributed by atoms with Crippen molar-refractivity contribution in [3.05, 3.63) is 82.4 Å². The Bertz CT molecular complexity index is 1000. The van der Waals surface area contributed by atoms with Crippen molar-refractivity contribution in [2.75, 3.05) is 17.2 Å². The van der Waals surface area contributed by atoms with E-state index in [9.17, 15) is 9.18 Å². The molecule has 0 bridgehead atoms. The highest BCUT2D eigenvalue weighted by atomic mass is 19.1. The lowest BCUT2D eigenvalue weighted by Crippen LogP contribution is -2.17. The van der Waals surface area contributed by atoms with Gasteiger partial charge in [0.2, 0.25) is 5.95 Å². The molecule has 2 N–H and O–H groups in total. The Labute approximate surface area is 164 Å². The minimum Gasteiger partial charge on any atom is -0.354 e. The molecule has 0 aliphatic carbocycles. The van der Waals surface area contributed by atoms with Crippen molar-refractivity contribution in [1.29, 1.82) is 0 Å². The van der Waals surface area contributed by atoms with Crippen LogP contribution in [0, 0.1) is 26.6 Å². The van der Waals surface area contributed by atoms with Crippen molar-refractivity contribution in [2.24, 2.45) is 0 Å². The molecule has 5 nitrogen and oxygen atoms in total. The summed E-state index contributed by atoms with van der Waals surface area (Å²) in [7, 11) is 0. The topological polar surface area (TPSA) is 66.9 Å². The Hall–Kier alpha value is -3.28. The van der Waals surface area contributed by atoms with Crippen molar-refractivity contribution in [1.82, 2.24) is 9.97 Å². The van der Waals surface area contributed by atoms with Crippen molar-refractivity contribution >= 4 is 17.5 Å². The smallest absolute Gasteiger partial charge is 0.274 e. The van der Waals surface area contributed by atoms with E-state index in [-0.39, 0.29) is 17.4 Å². The predicted molar refractivity (Wildman–Crippen MR) is 109 cm³/mol. The van der Waals surface area contributed by atoms with Crippen LogP contribution >= 0.6 is 0 Å². The summed E-state index contributed by atoms with van der Waals surface area (Å²) in [5.41, 5.74) is 4.45. The second kappa shape index (κ2) is 8.61. The van der Waals surface area contributed by atoms with Crippen molar-refractivity contribution in [3.63, 3.8) is 0 Å². The fraction of sp³-hybridized carbons (Fsp3) is 0.227. The Balaban J connectivity index is 1.68. The zero-order chi connectivity index (χ0) is 20.1. The summed E-state index contributed by atoms with van der Waals surface area (Å²) in [5.74, 6) is -0.181. The van der Waals surface area contributed by atoms with E-state index in [1.165, 1.54) is 6.07 Å². The summed E-state index contributed by atoms with van der Waals surface area (Å²) in [6, 6.07) is 14.1. The highest BCUT2D eigenvalue weighted by Crippen LogP contribution is 2.17. The molecule has 0 aliphatic rings. The van der Waals surface area contributed by atoms with Crippen LogP contribution in [0.15, 0.2) is 48.5 Å². The number of hydrogen-bond donors (Lipinski definition) is 2. The fourth-order valence-electron chi connectivity index (χ4n) is 2.91. The normalized spacial score (nSPS) is 10.6. The molecule has 0 unspecified atom stereocenters. The number of amides is 1. The summed E-state index contributed by atoms with van der Waals surface area (Å²) in [4.78, 5) is 21.2. The third-order valence-electron chi connectivity index (χ3n) is 4.35. The van der Waals surface area contributed by atoms with Gasteiger partial charge in [0, 0.05) is 17.9 Å². The zero-order valence-corrected chi connectivity index (χ0v) is 16.2. The van der Waals surface area contributed by atoms with Gasteiger partial charge in [0.1, 0.15) is 11.5 Å². The quantitative estimate of drug-likeness (QED) is 0.665. The second-order valence-corrected chi connectivity index (χ2v) is 6.76. The van der Waals surface area contributed by atoms with Crippen LogP contribution in [0.4, 0.5) is 16.0 Å². The van der Waals surface area contributed by atoms with Gasteiger partial charge < -0.3 is 10.6 Å². The molecule has 3 aromatic rings. The van der Waals surface area contributed by atoms with Gasteiger partial charge in [0.05, 0.1) is 0 Å². The molecule has 0 saturated carbocycles. The molecule has 2 aromatic carbocycles. The summed E-state index contributed by atoms with van der Waals surface area (Å²) in [5, 5.41) is 5.96. The maximum atomic E-state index is 13.7. The van der Waals surface area contributed by atoms with Gasteiger partial charge in [-0.2, -0.15) is 0 Å². The molecule has 0 spiro atoms. The van der Waals surface area contributed by atoms with Crippen LogP contribution in [0.5, 0.6) is 0 Å². The Kier molecular flexibility index (Phi) is 5.99. The molecular weight excluding hydrogens is 355 g/mol. The van der Waals surface area contributed by atoms with Crippen molar-refractivity contribution < 1.29 is 9.18 Å². The van der Waals surface area contributed by atoms with Crippen LogP contribution < -0.4 is 10.6 Å². The minimum absolute atomic E-state index is 0.233. The monoisotopic (exact) mass is 378 g/mol. The molecule has 1 amide bonds. The molecule has 0 radical (unpaired) electrons. The lowest BCUT2D eigenvalue weighted by molar-refractivity contribution is 0.102. The number of anilines is 2. The van der Waals surface area contributed by atoms with E-state index in [4.69, 9.17) is 0 Å². The highest BCUT2D eigenvalue weighted by Gasteiger charge is 2.12. The van der Waals surface area contributed by atoms with Gasteiger partial charge in [0.15, 0.2) is 0 Å². The van der Waals surface area contributed by atoms with Gasteiger partial charge in [-0.15, -0.1) is 0 Å². The number of carbonyl (C=O) groups is 1. The van der Waals surface area contributed by atoms with Crippen LogP contribution in [-0.2, 0) is 6.42 Å². The summed E-state index contributed by atoms with van der Waals surface area (Å²) >= 11 is 0. The van der Waals surface area contributed by atoms with Crippen molar-refractivity contribution in [2.45, 2.75) is 27.2 Å². The second-order valence-electron chi connectivity index (χ2n) is 6.76. The number of halogens is 1. The zero-order valence-electron chi connectivity index (χ0n) is 16.2. The standard InChI is InChI=1S/C22H23FN4O/c1-14-8-9-19(15(2)12-14)26-21(28)20-13-16(3)25-22(27-20)24-11-10-17-6-4-5-7-18(17)23/h4-9,12-13H,10-11H2,1-3H3,(H,26,28)(H,24,25,27). The number of carbonyl (C=O) groups excluding carboxylic acids is 1. The lowest BCUT2D eigenvalue weighted by atomic mass is 10.1. The van der Waals surface area contributed by atoms with E-state index in [0.717, 1.165) is 16.8 Å². The maximum absolute atomic E-state index is 13.7. The van der Waals surface area contributed by atoms with Crippen molar-refractivity contribution in [3.8, 4) is 0 Å².